The van der Waals surface area contributed by atoms with Crippen LogP contribution in [0.15, 0.2) is 16.9 Å². The number of nitrogens with one attached hydrogen (secondary N) is 2. The van der Waals surface area contributed by atoms with E-state index in [2.05, 4.69) is 10.3 Å². The van der Waals surface area contributed by atoms with E-state index in [1.54, 1.807) is 19.9 Å². The van der Waals surface area contributed by atoms with Crippen LogP contribution in [-0.4, -0.2) is 27.5 Å². The highest BCUT2D eigenvalue weighted by Crippen LogP contribution is 2.34. The monoisotopic (exact) mass is 292 g/mol. The lowest BCUT2D eigenvalue weighted by Crippen LogP contribution is -2.56. The maximum Gasteiger partial charge on any atom is 0.308 e. The van der Waals surface area contributed by atoms with Crippen molar-refractivity contribution >= 4 is 11.9 Å². The number of carbonyl (C=O) groups excluding carboxylic acids is 1. The van der Waals surface area contributed by atoms with E-state index in [1.165, 1.54) is 6.07 Å². The van der Waals surface area contributed by atoms with E-state index in [9.17, 15) is 19.5 Å². The smallest absolute Gasteiger partial charge is 0.308 e. The molecule has 2 rings (SSSR count). The van der Waals surface area contributed by atoms with Gasteiger partial charge in [-0.25, -0.2) is 0 Å². The van der Waals surface area contributed by atoms with E-state index in [4.69, 9.17) is 0 Å². The Bertz CT molecular complexity index is 622. The van der Waals surface area contributed by atoms with Crippen molar-refractivity contribution in [3.8, 4) is 0 Å². The zero-order valence-corrected chi connectivity index (χ0v) is 12.2. The van der Waals surface area contributed by atoms with Gasteiger partial charge in [-0.1, -0.05) is 12.8 Å². The standard InChI is InChI=1S/C15H20N2O4/c1-9-6-7-10(12(18)16-9)13(19)17-15(2)8-4-3-5-11(15)14(20)21/h6-7,11H,3-5,8H2,1-2H3,(H,16,18)(H,17,19)(H,20,21). The van der Waals surface area contributed by atoms with Crippen LogP contribution in [0, 0.1) is 12.8 Å². The van der Waals surface area contributed by atoms with Crippen molar-refractivity contribution in [2.75, 3.05) is 0 Å². The first-order valence-corrected chi connectivity index (χ1v) is 7.09. The number of H-pyrrole nitrogens is 1. The summed E-state index contributed by atoms with van der Waals surface area (Å²) in [5, 5.41) is 12.1. The van der Waals surface area contributed by atoms with Gasteiger partial charge in [-0.3, -0.25) is 14.4 Å². The molecule has 1 aliphatic carbocycles. The number of hydrogen-bond acceptors (Lipinski definition) is 3. The molecule has 114 valence electrons. The highest BCUT2D eigenvalue weighted by molar-refractivity contribution is 5.94. The first-order chi connectivity index (χ1) is 9.83. The predicted molar refractivity (Wildman–Crippen MR) is 77.3 cm³/mol. The third kappa shape index (κ3) is 3.15. The van der Waals surface area contributed by atoms with Gasteiger partial charge in [-0.2, -0.15) is 0 Å². The quantitative estimate of drug-likeness (QED) is 0.785. The Morgan fingerprint density at radius 1 is 1.38 bits per heavy atom. The molecule has 2 unspecified atom stereocenters. The van der Waals surface area contributed by atoms with E-state index in [0.29, 0.717) is 18.5 Å². The average Bonchev–Trinajstić information content (AvgIpc) is 2.37. The second kappa shape index (κ2) is 5.71. The first kappa shape index (κ1) is 15.3. The number of carboxylic acids is 1. The lowest BCUT2D eigenvalue weighted by molar-refractivity contribution is -0.145. The summed E-state index contributed by atoms with van der Waals surface area (Å²) in [6, 6.07) is 3.11. The number of aliphatic carboxylic acids is 1. The van der Waals surface area contributed by atoms with E-state index in [0.717, 1.165) is 12.8 Å². The molecule has 0 aliphatic heterocycles. The summed E-state index contributed by atoms with van der Waals surface area (Å²) in [6.45, 7) is 3.47. The van der Waals surface area contributed by atoms with Crippen molar-refractivity contribution in [2.24, 2.45) is 5.92 Å². The first-order valence-electron chi connectivity index (χ1n) is 7.09. The van der Waals surface area contributed by atoms with Gasteiger partial charge in [0.15, 0.2) is 0 Å². The summed E-state index contributed by atoms with van der Waals surface area (Å²) in [5.74, 6) is -2.05. The summed E-state index contributed by atoms with van der Waals surface area (Å²) in [5.41, 5.74) is -0.599. The van der Waals surface area contributed by atoms with Crippen LogP contribution in [-0.2, 0) is 4.79 Å². The van der Waals surface area contributed by atoms with Crippen LogP contribution in [0.4, 0.5) is 0 Å². The number of amides is 1. The molecule has 0 radical (unpaired) electrons. The van der Waals surface area contributed by atoms with Crippen LogP contribution in [0.3, 0.4) is 0 Å². The van der Waals surface area contributed by atoms with Crippen molar-refractivity contribution in [1.29, 1.82) is 0 Å². The zero-order valence-electron chi connectivity index (χ0n) is 12.2. The van der Waals surface area contributed by atoms with E-state index < -0.39 is 28.9 Å². The molecule has 1 amide bonds. The maximum atomic E-state index is 12.3. The Kier molecular flexibility index (Phi) is 4.16. The molecule has 1 saturated carbocycles. The third-order valence-electron chi connectivity index (χ3n) is 4.21. The third-order valence-corrected chi connectivity index (χ3v) is 4.21. The number of aryl methyl sites for hydroxylation is 1. The topological polar surface area (TPSA) is 99.3 Å². The van der Waals surface area contributed by atoms with Crippen molar-refractivity contribution in [3.63, 3.8) is 0 Å². The van der Waals surface area contributed by atoms with Crippen LogP contribution in [0.1, 0.15) is 48.7 Å². The van der Waals surface area contributed by atoms with Crippen LogP contribution in [0.5, 0.6) is 0 Å². The van der Waals surface area contributed by atoms with Crippen LogP contribution in [0.25, 0.3) is 0 Å². The molecule has 0 spiro atoms. The van der Waals surface area contributed by atoms with E-state index in [-0.39, 0.29) is 5.56 Å². The Morgan fingerprint density at radius 2 is 2.10 bits per heavy atom. The normalized spacial score (nSPS) is 25.3. The van der Waals surface area contributed by atoms with Gasteiger partial charge < -0.3 is 15.4 Å². The van der Waals surface area contributed by atoms with Gasteiger partial charge in [0.1, 0.15) is 5.56 Å². The summed E-state index contributed by atoms with van der Waals surface area (Å²) < 4.78 is 0. The molecule has 0 saturated heterocycles. The van der Waals surface area contributed by atoms with Gasteiger partial charge in [-0.05, 0) is 38.8 Å². The van der Waals surface area contributed by atoms with Gasteiger partial charge in [-0.15, -0.1) is 0 Å². The van der Waals surface area contributed by atoms with Gasteiger partial charge in [0.25, 0.3) is 11.5 Å². The number of pyridine rings is 1. The highest BCUT2D eigenvalue weighted by atomic mass is 16.4. The zero-order chi connectivity index (χ0) is 15.6. The fraction of sp³-hybridized carbons (Fsp3) is 0.533. The van der Waals surface area contributed by atoms with Crippen molar-refractivity contribution in [1.82, 2.24) is 10.3 Å². The number of hydrogen-bond donors (Lipinski definition) is 3. The summed E-state index contributed by atoms with van der Waals surface area (Å²) in [4.78, 5) is 38.1. The number of rotatable bonds is 3. The summed E-state index contributed by atoms with van der Waals surface area (Å²) in [6.07, 6.45) is 2.84. The molecule has 1 aliphatic rings. The average molecular weight is 292 g/mol. The number of aromatic nitrogens is 1. The predicted octanol–water partition coefficient (Wildman–Crippen LogP) is 1.45. The minimum absolute atomic E-state index is 0.0107. The molecule has 1 aromatic heterocycles. The molecule has 6 nitrogen and oxygen atoms in total. The Hall–Kier alpha value is -2.11. The minimum Gasteiger partial charge on any atom is -0.481 e. The second-order valence-electron chi connectivity index (χ2n) is 5.89. The molecule has 2 atom stereocenters. The maximum absolute atomic E-state index is 12.3. The molecule has 0 aromatic carbocycles. The largest absolute Gasteiger partial charge is 0.481 e. The molecule has 1 fully saturated rings. The van der Waals surface area contributed by atoms with Crippen LogP contribution >= 0.6 is 0 Å². The molecule has 0 bridgehead atoms. The van der Waals surface area contributed by atoms with Crippen LogP contribution < -0.4 is 10.9 Å². The van der Waals surface area contributed by atoms with E-state index in [1.807, 2.05) is 0 Å². The van der Waals surface area contributed by atoms with Gasteiger partial charge >= 0.3 is 5.97 Å². The molecule has 1 heterocycles. The van der Waals surface area contributed by atoms with Crippen molar-refractivity contribution < 1.29 is 14.7 Å². The second-order valence-corrected chi connectivity index (χ2v) is 5.89. The Morgan fingerprint density at radius 3 is 2.71 bits per heavy atom. The molecule has 3 N–H and O–H groups in total. The Balaban J connectivity index is 2.24. The Labute approximate surface area is 122 Å². The number of aromatic amines is 1. The van der Waals surface area contributed by atoms with Gasteiger partial charge in [0.2, 0.25) is 0 Å². The van der Waals surface area contributed by atoms with Gasteiger partial charge in [0.05, 0.1) is 11.5 Å². The fourth-order valence-corrected chi connectivity index (χ4v) is 2.96. The highest BCUT2D eigenvalue weighted by Gasteiger charge is 2.42. The molecule has 21 heavy (non-hydrogen) atoms. The molecular formula is C15H20N2O4. The fourth-order valence-electron chi connectivity index (χ4n) is 2.96. The molecular weight excluding hydrogens is 272 g/mol. The van der Waals surface area contributed by atoms with Crippen molar-refractivity contribution in [3.05, 3.63) is 33.7 Å². The SMILES string of the molecule is Cc1ccc(C(=O)NC2(C)CCCCC2C(=O)O)c(=O)[nH]1. The van der Waals surface area contributed by atoms with Crippen molar-refractivity contribution in [2.45, 2.75) is 45.1 Å². The lowest BCUT2D eigenvalue weighted by Gasteiger charge is -2.39. The number of carbonyl (C=O) groups is 2. The van der Waals surface area contributed by atoms with E-state index >= 15 is 0 Å². The van der Waals surface area contributed by atoms with Crippen LogP contribution in [0.2, 0.25) is 0 Å². The van der Waals surface area contributed by atoms with Gasteiger partial charge in [0, 0.05) is 5.69 Å². The summed E-state index contributed by atoms with van der Waals surface area (Å²) >= 11 is 0. The minimum atomic E-state index is -0.907. The lowest BCUT2D eigenvalue weighted by atomic mass is 9.74. The number of carboxylic acid groups (broad SMARTS) is 1. The summed E-state index contributed by atoms with van der Waals surface area (Å²) in [7, 11) is 0. The molecule has 6 heteroatoms. The molecule has 1 aromatic rings.